The van der Waals surface area contributed by atoms with Crippen LogP contribution in [0, 0.1) is 6.92 Å². The summed E-state index contributed by atoms with van der Waals surface area (Å²) >= 11 is 0. The van der Waals surface area contributed by atoms with Crippen LogP contribution < -0.4 is 5.56 Å². The van der Waals surface area contributed by atoms with Crippen LogP contribution in [0.5, 0.6) is 0 Å². The molecule has 1 fully saturated rings. The number of carbonyl (C=O) groups is 1. The van der Waals surface area contributed by atoms with E-state index in [1.54, 1.807) is 4.90 Å². The monoisotopic (exact) mass is 477 g/mol. The molecule has 0 unspecified atom stereocenters. The molecule has 0 bridgehead atoms. The Bertz CT molecular complexity index is 1410. The maximum Gasteiger partial charge on any atom is 0.410 e. The number of nitrogens with zero attached hydrogens (tertiary/aromatic N) is 3. The van der Waals surface area contributed by atoms with E-state index in [0.717, 1.165) is 22.3 Å². The van der Waals surface area contributed by atoms with Crippen LogP contribution in [0.1, 0.15) is 70.0 Å². The molecule has 0 spiro atoms. The van der Waals surface area contributed by atoms with Gasteiger partial charge >= 0.3 is 6.09 Å². The lowest BCUT2D eigenvalue weighted by Gasteiger charge is -2.37. The molecule has 2 aromatic carbocycles. The number of alkyl halides is 1. The van der Waals surface area contributed by atoms with Gasteiger partial charge in [-0.1, -0.05) is 24.3 Å². The van der Waals surface area contributed by atoms with Crippen LogP contribution in [0.25, 0.3) is 16.6 Å². The molecule has 1 saturated heterocycles. The molecule has 1 aromatic heterocycles. The third-order valence-electron chi connectivity index (χ3n) is 7.32. The van der Waals surface area contributed by atoms with E-state index in [2.05, 4.69) is 4.98 Å². The van der Waals surface area contributed by atoms with E-state index in [0.29, 0.717) is 29.9 Å². The highest BCUT2D eigenvalue weighted by Crippen LogP contribution is 2.46. The van der Waals surface area contributed by atoms with Gasteiger partial charge in [-0.3, -0.25) is 9.36 Å². The second kappa shape index (κ2) is 7.64. The molecule has 0 saturated carbocycles. The number of piperidine rings is 1. The Kier molecular flexibility index (Phi) is 5.13. The standard InChI is InChI=1S/C28H32FN3O3/c1-17-8-7-9-20-22(17)23(33)30-24-27(5,6)19-11-10-18(16-21(19)32(20)24)28(29)12-14-31(15-13-28)25(34)35-26(2,3)4/h7-11,16H,12-15H2,1-6H3. The van der Waals surface area contributed by atoms with Gasteiger partial charge in [0.2, 0.25) is 0 Å². The predicted molar refractivity (Wildman–Crippen MR) is 134 cm³/mol. The molecule has 1 amide bonds. The smallest absolute Gasteiger partial charge is 0.410 e. The highest BCUT2D eigenvalue weighted by atomic mass is 19.1. The fourth-order valence-electron chi connectivity index (χ4n) is 5.40. The zero-order valence-electron chi connectivity index (χ0n) is 21.2. The van der Waals surface area contributed by atoms with Gasteiger partial charge in [-0.05, 0) is 70.4 Å². The Morgan fingerprint density at radius 2 is 1.80 bits per heavy atom. The van der Waals surface area contributed by atoms with Crippen molar-refractivity contribution in [2.24, 2.45) is 0 Å². The van der Waals surface area contributed by atoms with Crippen molar-refractivity contribution in [2.75, 3.05) is 13.1 Å². The zero-order valence-corrected chi connectivity index (χ0v) is 21.2. The summed E-state index contributed by atoms with van der Waals surface area (Å²) in [7, 11) is 0. The van der Waals surface area contributed by atoms with Crippen molar-refractivity contribution in [3.05, 3.63) is 69.3 Å². The van der Waals surface area contributed by atoms with Crippen LogP contribution >= 0.6 is 0 Å². The minimum atomic E-state index is -1.56. The Balaban J connectivity index is 1.54. The molecule has 35 heavy (non-hydrogen) atoms. The van der Waals surface area contributed by atoms with Crippen LogP contribution in [0.2, 0.25) is 0 Å². The first-order valence-electron chi connectivity index (χ1n) is 12.2. The van der Waals surface area contributed by atoms with Crippen LogP contribution in [-0.2, 0) is 15.8 Å². The Morgan fingerprint density at radius 3 is 2.46 bits per heavy atom. The summed E-state index contributed by atoms with van der Waals surface area (Å²) in [5, 5.41) is 0.589. The number of halogens is 1. The van der Waals surface area contributed by atoms with Crippen LogP contribution in [0.15, 0.2) is 41.2 Å². The Hall–Kier alpha value is -3.22. The van der Waals surface area contributed by atoms with E-state index in [1.807, 2.05) is 82.5 Å². The van der Waals surface area contributed by atoms with Gasteiger partial charge in [0.05, 0.1) is 22.0 Å². The van der Waals surface area contributed by atoms with Crippen molar-refractivity contribution in [3.63, 3.8) is 0 Å². The van der Waals surface area contributed by atoms with Crippen LogP contribution in [-0.4, -0.2) is 39.2 Å². The lowest BCUT2D eigenvalue weighted by atomic mass is 9.81. The number of ether oxygens (including phenoxy) is 1. The fourth-order valence-corrected chi connectivity index (χ4v) is 5.40. The van der Waals surface area contributed by atoms with E-state index in [1.165, 1.54) is 0 Å². The number of likely N-dealkylation sites (tertiary alicyclic amines) is 1. The molecule has 0 aliphatic carbocycles. The predicted octanol–water partition coefficient (Wildman–Crippen LogP) is 5.53. The molecule has 0 N–H and O–H groups in total. The minimum Gasteiger partial charge on any atom is -0.444 e. The van der Waals surface area contributed by atoms with Crippen molar-refractivity contribution in [1.29, 1.82) is 0 Å². The number of benzene rings is 2. The van der Waals surface area contributed by atoms with Crippen molar-refractivity contribution in [3.8, 4) is 5.69 Å². The molecular weight excluding hydrogens is 445 g/mol. The van der Waals surface area contributed by atoms with Gasteiger partial charge in [0.25, 0.3) is 5.56 Å². The zero-order chi connectivity index (χ0) is 25.3. The summed E-state index contributed by atoms with van der Waals surface area (Å²) < 4.78 is 23.8. The van der Waals surface area contributed by atoms with Crippen molar-refractivity contribution >= 4 is 17.0 Å². The van der Waals surface area contributed by atoms with Gasteiger partial charge in [0, 0.05) is 25.9 Å². The number of amides is 1. The van der Waals surface area contributed by atoms with Gasteiger partial charge in [0.15, 0.2) is 0 Å². The molecule has 0 atom stereocenters. The van der Waals surface area contributed by atoms with E-state index >= 15 is 4.39 Å². The molecule has 3 heterocycles. The SMILES string of the molecule is Cc1cccc2c1c(=O)nc1n2-c2cc(C3(F)CCN(C(=O)OC(C)(C)C)CC3)ccc2C1(C)C. The van der Waals surface area contributed by atoms with Crippen molar-refractivity contribution in [2.45, 2.75) is 71.1 Å². The normalized spacial score (nSPS) is 18.3. The third kappa shape index (κ3) is 3.72. The first kappa shape index (κ1) is 23.5. The molecular formula is C28H32FN3O3. The van der Waals surface area contributed by atoms with E-state index in [4.69, 9.17) is 4.74 Å². The van der Waals surface area contributed by atoms with Gasteiger partial charge in [-0.15, -0.1) is 0 Å². The molecule has 5 rings (SSSR count). The van der Waals surface area contributed by atoms with Crippen LogP contribution in [0.4, 0.5) is 9.18 Å². The molecule has 3 aromatic rings. The topological polar surface area (TPSA) is 64.4 Å². The number of aromatic nitrogens is 2. The van der Waals surface area contributed by atoms with Gasteiger partial charge < -0.3 is 9.64 Å². The second-order valence-corrected chi connectivity index (χ2v) is 11.3. The molecule has 7 heteroatoms. The number of hydrogen-bond acceptors (Lipinski definition) is 4. The quantitative estimate of drug-likeness (QED) is 0.462. The summed E-state index contributed by atoms with van der Waals surface area (Å²) in [5.41, 5.74) is 1.25. The first-order valence-corrected chi connectivity index (χ1v) is 12.2. The van der Waals surface area contributed by atoms with Gasteiger partial charge in [0.1, 0.15) is 17.1 Å². The number of hydrogen-bond donors (Lipinski definition) is 0. The average Bonchev–Trinajstić information content (AvgIpc) is 2.99. The maximum absolute atomic E-state index is 16.3. The van der Waals surface area contributed by atoms with E-state index < -0.39 is 22.8 Å². The summed E-state index contributed by atoms with van der Waals surface area (Å²) in [6.45, 7) is 12.1. The molecule has 2 aliphatic heterocycles. The van der Waals surface area contributed by atoms with Crippen molar-refractivity contribution in [1.82, 2.24) is 14.5 Å². The van der Waals surface area contributed by atoms with Crippen LogP contribution in [0.3, 0.4) is 0 Å². The van der Waals surface area contributed by atoms with E-state index in [9.17, 15) is 9.59 Å². The lowest BCUT2D eigenvalue weighted by molar-refractivity contribution is 0.00219. The number of rotatable bonds is 1. The molecule has 184 valence electrons. The molecule has 2 aliphatic rings. The van der Waals surface area contributed by atoms with Gasteiger partial charge in [-0.25, -0.2) is 9.18 Å². The Labute approximate surface area is 204 Å². The first-order chi connectivity index (χ1) is 16.3. The van der Waals surface area contributed by atoms with E-state index in [-0.39, 0.29) is 18.4 Å². The lowest BCUT2D eigenvalue weighted by Crippen LogP contribution is -2.45. The summed E-state index contributed by atoms with van der Waals surface area (Å²) in [6, 6.07) is 11.5. The fraction of sp³-hybridized carbons (Fsp3) is 0.464. The number of fused-ring (bicyclic) bond motifs is 5. The third-order valence-corrected chi connectivity index (χ3v) is 7.32. The van der Waals surface area contributed by atoms with Gasteiger partial charge in [-0.2, -0.15) is 4.98 Å². The minimum absolute atomic E-state index is 0.198. The molecule has 0 radical (unpaired) electrons. The molecule has 6 nitrogen and oxygen atoms in total. The summed E-state index contributed by atoms with van der Waals surface area (Å²) in [4.78, 5) is 31.4. The summed E-state index contributed by atoms with van der Waals surface area (Å²) in [6.07, 6.45) is -0.00586. The maximum atomic E-state index is 16.3. The largest absolute Gasteiger partial charge is 0.444 e. The number of aryl methyl sites for hydroxylation is 1. The number of carbonyl (C=O) groups excluding carboxylic acids is 1. The summed E-state index contributed by atoms with van der Waals surface area (Å²) in [5.74, 6) is 0.667. The average molecular weight is 478 g/mol. The van der Waals surface area contributed by atoms with Crippen molar-refractivity contribution < 1.29 is 13.9 Å². The Morgan fingerprint density at radius 1 is 1.11 bits per heavy atom. The second-order valence-electron chi connectivity index (χ2n) is 11.3. The highest BCUT2D eigenvalue weighted by Gasteiger charge is 2.42. The highest BCUT2D eigenvalue weighted by molar-refractivity contribution is 5.85.